The van der Waals surface area contributed by atoms with Gasteiger partial charge in [-0.1, -0.05) is 56.1 Å². The van der Waals surface area contributed by atoms with Crippen molar-refractivity contribution in [2.45, 2.75) is 12.3 Å². The lowest BCUT2D eigenvalue weighted by molar-refractivity contribution is 0.589. The summed E-state index contributed by atoms with van der Waals surface area (Å²) in [5.74, 6) is -0.0915. The van der Waals surface area contributed by atoms with Gasteiger partial charge in [0.05, 0.1) is 0 Å². The molecule has 0 saturated carbocycles. The molecule has 0 aliphatic heterocycles. The average molecular weight is 387 g/mol. The second-order valence-corrected chi connectivity index (χ2v) is 6.16. The van der Waals surface area contributed by atoms with Gasteiger partial charge in [-0.2, -0.15) is 0 Å². The summed E-state index contributed by atoms with van der Waals surface area (Å²) in [6, 6.07) is 13.1. The number of nitrogens with two attached hydrogens (primary N) is 1. The molecule has 1 atom stereocenters. The smallest absolute Gasteiger partial charge is 0.127 e. The van der Waals surface area contributed by atoms with E-state index in [4.69, 9.17) is 5.73 Å². The van der Waals surface area contributed by atoms with E-state index in [0.717, 1.165) is 14.5 Å². The van der Waals surface area contributed by atoms with E-state index in [-0.39, 0.29) is 11.7 Å². The Labute approximate surface area is 129 Å². The van der Waals surface area contributed by atoms with Gasteiger partial charge in [0.15, 0.2) is 0 Å². The zero-order chi connectivity index (χ0) is 13.8. The molecule has 0 bridgehead atoms. The van der Waals surface area contributed by atoms with Crippen molar-refractivity contribution in [1.82, 2.24) is 0 Å². The van der Waals surface area contributed by atoms with Crippen LogP contribution in [0.4, 0.5) is 4.39 Å². The molecule has 0 fully saturated rings. The molecule has 0 radical (unpaired) electrons. The third kappa shape index (κ3) is 3.65. The van der Waals surface area contributed by atoms with Crippen LogP contribution in [0.2, 0.25) is 0 Å². The first-order chi connectivity index (χ1) is 9.11. The second kappa shape index (κ2) is 6.64. The van der Waals surface area contributed by atoms with E-state index in [1.807, 2.05) is 30.3 Å². The molecule has 0 spiro atoms. The van der Waals surface area contributed by atoms with Gasteiger partial charge in [-0.15, -0.1) is 0 Å². The van der Waals surface area contributed by atoms with Gasteiger partial charge in [-0.3, -0.25) is 0 Å². The number of hydrogen-bond acceptors (Lipinski definition) is 1. The molecule has 1 nitrogen and oxygen atoms in total. The Morgan fingerprint density at radius 2 is 1.84 bits per heavy atom. The maximum absolute atomic E-state index is 13.9. The summed E-state index contributed by atoms with van der Waals surface area (Å²) < 4.78 is 15.6. The molecule has 2 N–H and O–H groups in total. The lowest BCUT2D eigenvalue weighted by Gasteiger charge is -2.17. The number of hydrogen-bond donors (Lipinski definition) is 1. The Balaban J connectivity index is 2.27. The van der Waals surface area contributed by atoms with Crippen molar-refractivity contribution in [3.63, 3.8) is 0 Å². The Kier molecular flexibility index (Phi) is 5.13. The van der Waals surface area contributed by atoms with Crippen LogP contribution in [-0.2, 0) is 6.42 Å². The van der Waals surface area contributed by atoms with Crippen molar-refractivity contribution < 1.29 is 4.39 Å². The normalized spacial score (nSPS) is 12.4. The Morgan fingerprint density at radius 1 is 1.11 bits per heavy atom. The first-order valence-corrected chi connectivity index (χ1v) is 7.59. The molecule has 0 aliphatic carbocycles. The quantitative estimate of drug-likeness (QED) is 0.813. The molecule has 19 heavy (non-hydrogen) atoms. The van der Waals surface area contributed by atoms with Gasteiger partial charge < -0.3 is 5.73 Å². The fraction of sp³-hybridized carbons (Fsp3) is 0.200. The van der Waals surface area contributed by atoms with E-state index in [1.165, 1.54) is 6.07 Å². The fourth-order valence-electron chi connectivity index (χ4n) is 2.08. The topological polar surface area (TPSA) is 26.0 Å². The molecular formula is C15H14Br2FN. The van der Waals surface area contributed by atoms with E-state index in [2.05, 4.69) is 31.9 Å². The third-order valence-corrected chi connectivity index (χ3v) is 4.33. The average Bonchev–Trinajstić information content (AvgIpc) is 2.39. The van der Waals surface area contributed by atoms with Gasteiger partial charge in [0.2, 0.25) is 0 Å². The summed E-state index contributed by atoms with van der Waals surface area (Å²) in [6.07, 6.45) is 0.595. The van der Waals surface area contributed by atoms with Crippen molar-refractivity contribution >= 4 is 31.9 Å². The third-order valence-electron chi connectivity index (χ3n) is 3.11. The first kappa shape index (κ1) is 14.7. The first-order valence-electron chi connectivity index (χ1n) is 6.00. The molecule has 2 aromatic carbocycles. The van der Waals surface area contributed by atoms with Crippen molar-refractivity contribution in [3.8, 4) is 0 Å². The largest absolute Gasteiger partial charge is 0.330 e. The van der Waals surface area contributed by atoms with Crippen LogP contribution in [0.5, 0.6) is 0 Å². The maximum Gasteiger partial charge on any atom is 0.127 e. The fourth-order valence-corrected chi connectivity index (χ4v) is 3.02. The predicted molar refractivity (Wildman–Crippen MR) is 83.7 cm³/mol. The Bertz CT molecular complexity index is 572. The van der Waals surface area contributed by atoms with Crippen LogP contribution in [-0.4, -0.2) is 6.54 Å². The lowest BCUT2D eigenvalue weighted by atomic mass is 9.92. The molecule has 0 aliphatic rings. The van der Waals surface area contributed by atoms with Gasteiger partial charge in [-0.05, 0) is 42.3 Å². The molecular weight excluding hydrogens is 373 g/mol. The van der Waals surface area contributed by atoms with Crippen LogP contribution in [0.15, 0.2) is 51.4 Å². The molecule has 0 heterocycles. The highest BCUT2D eigenvalue weighted by Crippen LogP contribution is 2.28. The minimum absolute atomic E-state index is 0.103. The molecule has 0 aromatic heterocycles. The van der Waals surface area contributed by atoms with E-state index in [9.17, 15) is 4.39 Å². The van der Waals surface area contributed by atoms with Crippen LogP contribution >= 0.6 is 31.9 Å². The predicted octanol–water partition coefficient (Wildman–Crippen LogP) is 4.64. The molecule has 0 saturated heterocycles. The minimum atomic E-state index is -0.195. The Hall–Kier alpha value is -0.710. The highest BCUT2D eigenvalue weighted by atomic mass is 79.9. The molecule has 100 valence electrons. The van der Waals surface area contributed by atoms with Gasteiger partial charge >= 0.3 is 0 Å². The van der Waals surface area contributed by atoms with Crippen LogP contribution in [0.1, 0.15) is 17.0 Å². The standard InChI is InChI=1S/C15H14Br2FN/c16-12-6-5-10(15(18)8-12)7-11(9-19)13-3-1-2-4-14(13)17/h1-6,8,11H,7,9,19H2. The number of rotatable bonds is 4. The van der Waals surface area contributed by atoms with Crippen LogP contribution in [0, 0.1) is 5.82 Å². The summed E-state index contributed by atoms with van der Waals surface area (Å²) in [7, 11) is 0. The van der Waals surface area contributed by atoms with Gasteiger partial charge in [0.1, 0.15) is 5.82 Å². The van der Waals surface area contributed by atoms with E-state index >= 15 is 0 Å². The Morgan fingerprint density at radius 3 is 2.47 bits per heavy atom. The molecule has 1 unspecified atom stereocenters. The van der Waals surface area contributed by atoms with E-state index in [1.54, 1.807) is 6.07 Å². The van der Waals surface area contributed by atoms with Crippen LogP contribution in [0.3, 0.4) is 0 Å². The van der Waals surface area contributed by atoms with E-state index < -0.39 is 0 Å². The summed E-state index contributed by atoms with van der Waals surface area (Å²) >= 11 is 6.79. The maximum atomic E-state index is 13.9. The summed E-state index contributed by atoms with van der Waals surface area (Å²) in [6.45, 7) is 0.484. The monoisotopic (exact) mass is 385 g/mol. The number of benzene rings is 2. The van der Waals surface area contributed by atoms with Gasteiger partial charge in [-0.25, -0.2) is 4.39 Å². The van der Waals surface area contributed by atoms with E-state index in [0.29, 0.717) is 18.5 Å². The zero-order valence-corrected chi connectivity index (χ0v) is 13.4. The molecule has 4 heteroatoms. The zero-order valence-electron chi connectivity index (χ0n) is 10.2. The second-order valence-electron chi connectivity index (χ2n) is 4.39. The van der Waals surface area contributed by atoms with Crippen LogP contribution in [0.25, 0.3) is 0 Å². The van der Waals surface area contributed by atoms with Crippen molar-refractivity contribution in [2.24, 2.45) is 5.73 Å². The number of halogens is 3. The molecule has 2 aromatic rings. The highest BCUT2D eigenvalue weighted by Gasteiger charge is 2.15. The van der Waals surface area contributed by atoms with Crippen molar-refractivity contribution in [3.05, 3.63) is 68.4 Å². The molecule has 2 rings (SSSR count). The summed E-state index contributed by atoms with van der Waals surface area (Å²) in [5.41, 5.74) is 7.66. The lowest BCUT2D eigenvalue weighted by Crippen LogP contribution is -2.16. The SMILES string of the molecule is NCC(Cc1ccc(Br)cc1F)c1ccccc1Br. The van der Waals surface area contributed by atoms with Gasteiger partial charge in [0, 0.05) is 14.9 Å². The molecule has 0 amide bonds. The van der Waals surface area contributed by atoms with Crippen molar-refractivity contribution in [1.29, 1.82) is 0 Å². The van der Waals surface area contributed by atoms with Crippen LogP contribution < -0.4 is 5.73 Å². The minimum Gasteiger partial charge on any atom is -0.330 e. The summed E-state index contributed by atoms with van der Waals surface area (Å²) in [5, 5.41) is 0. The summed E-state index contributed by atoms with van der Waals surface area (Å²) in [4.78, 5) is 0. The van der Waals surface area contributed by atoms with Gasteiger partial charge in [0.25, 0.3) is 0 Å². The highest BCUT2D eigenvalue weighted by molar-refractivity contribution is 9.10. The van der Waals surface area contributed by atoms with Crippen molar-refractivity contribution in [2.75, 3.05) is 6.54 Å².